The van der Waals surface area contributed by atoms with Gasteiger partial charge in [0.2, 0.25) is 0 Å². The molecule has 0 aliphatic rings. The van der Waals surface area contributed by atoms with Crippen molar-refractivity contribution in [3.05, 3.63) is 23.8 Å². The molecule has 1 atom stereocenters. The van der Waals surface area contributed by atoms with Crippen molar-refractivity contribution < 1.29 is 14.9 Å². The maximum Gasteiger partial charge on any atom is 0.128 e. The van der Waals surface area contributed by atoms with E-state index in [1.54, 1.807) is 6.07 Å². The normalized spacial score (nSPS) is 12.5. The summed E-state index contributed by atoms with van der Waals surface area (Å²) in [4.78, 5) is 0. The third kappa shape index (κ3) is 2.12. The first-order valence-electron chi connectivity index (χ1n) is 4.24. The number of rotatable bonds is 3. The van der Waals surface area contributed by atoms with Gasteiger partial charge in [-0.3, -0.25) is 0 Å². The van der Waals surface area contributed by atoms with Crippen LogP contribution in [0.25, 0.3) is 0 Å². The summed E-state index contributed by atoms with van der Waals surface area (Å²) in [6.07, 6.45) is 0.0942. The van der Waals surface area contributed by atoms with Crippen LogP contribution < -0.4 is 4.74 Å². The van der Waals surface area contributed by atoms with Crippen LogP contribution in [0.4, 0.5) is 0 Å². The number of aliphatic hydroxyl groups is 1. The average Bonchev–Trinajstić information content (AvgIpc) is 2.16. The van der Waals surface area contributed by atoms with Crippen LogP contribution >= 0.6 is 0 Å². The molecule has 0 bridgehead atoms. The lowest BCUT2D eigenvalue weighted by Gasteiger charge is -2.12. The lowest BCUT2D eigenvalue weighted by Crippen LogP contribution is -1.98. The van der Waals surface area contributed by atoms with Crippen molar-refractivity contribution in [3.63, 3.8) is 0 Å². The molecule has 72 valence electrons. The number of methoxy groups -OCH3 is 1. The van der Waals surface area contributed by atoms with Gasteiger partial charge in [0.05, 0.1) is 13.2 Å². The van der Waals surface area contributed by atoms with E-state index < -0.39 is 6.10 Å². The number of benzene rings is 1. The van der Waals surface area contributed by atoms with E-state index >= 15 is 0 Å². The smallest absolute Gasteiger partial charge is 0.128 e. The summed E-state index contributed by atoms with van der Waals surface area (Å²) in [5.74, 6) is 0.665. The van der Waals surface area contributed by atoms with Gasteiger partial charge in [0.1, 0.15) is 11.5 Å². The number of hydrogen-bond acceptors (Lipinski definition) is 3. The van der Waals surface area contributed by atoms with Gasteiger partial charge in [0, 0.05) is 11.6 Å². The highest BCUT2D eigenvalue weighted by Gasteiger charge is 2.11. The minimum absolute atomic E-state index is 0.143. The van der Waals surface area contributed by atoms with Gasteiger partial charge in [-0.1, -0.05) is 6.92 Å². The van der Waals surface area contributed by atoms with Crippen LogP contribution in [0.5, 0.6) is 11.5 Å². The Bertz CT molecular complexity index is 283. The Morgan fingerprint density at radius 1 is 1.46 bits per heavy atom. The average molecular weight is 182 g/mol. The van der Waals surface area contributed by atoms with E-state index in [-0.39, 0.29) is 5.75 Å². The molecule has 0 spiro atoms. The quantitative estimate of drug-likeness (QED) is 0.750. The van der Waals surface area contributed by atoms with Crippen LogP contribution in [0, 0.1) is 0 Å². The number of hydrogen-bond donors (Lipinski definition) is 2. The van der Waals surface area contributed by atoms with Crippen LogP contribution in [0.2, 0.25) is 0 Å². The van der Waals surface area contributed by atoms with Crippen molar-refractivity contribution in [1.29, 1.82) is 0 Å². The molecule has 0 amide bonds. The molecule has 0 heterocycles. The first-order chi connectivity index (χ1) is 6.19. The molecular formula is C10H14O3. The van der Waals surface area contributed by atoms with Gasteiger partial charge in [0.25, 0.3) is 0 Å². The summed E-state index contributed by atoms with van der Waals surface area (Å²) in [6.45, 7) is 1.89. The Balaban J connectivity index is 3.05. The zero-order valence-electron chi connectivity index (χ0n) is 7.82. The van der Waals surface area contributed by atoms with Crippen LogP contribution in [-0.4, -0.2) is 17.3 Å². The highest BCUT2D eigenvalue weighted by molar-refractivity contribution is 5.41. The topological polar surface area (TPSA) is 49.7 Å². The summed E-state index contributed by atoms with van der Waals surface area (Å²) in [6, 6.07) is 4.70. The maximum absolute atomic E-state index is 9.57. The van der Waals surface area contributed by atoms with Gasteiger partial charge in [-0.05, 0) is 18.6 Å². The van der Waals surface area contributed by atoms with Crippen LogP contribution in [0.15, 0.2) is 18.2 Å². The Morgan fingerprint density at radius 2 is 2.15 bits per heavy atom. The largest absolute Gasteiger partial charge is 0.508 e. The van der Waals surface area contributed by atoms with E-state index in [9.17, 15) is 5.11 Å². The molecule has 1 aromatic rings. The predicted octanol–water partition coefficient (Wildman–Crippen LogP) is 1.84. The van der Waals surface area contributed by atoms with E-state index in [1.807, 2.05) is 6.92 Å². The second-order valence-electron chi connectivity index (χ2n) is 2.85. The molecule has 0 radical (unpaired) electrons. The molecular weight excluding hydrogens is 168 g/mol. The molecule has 0 aliphatic heterocycles. The van der Waals surface area contributed by atoms with Gasteiger partial charge in [-0.25, -0.2) is 0 Å². The number of aromatic hydroxyl groups is 1. The summed E-state index contributed by atoms with van der Waals surface area (Å²) in [5, 5.41) is 18.7. The Labute approximate surface area is 77.6 Å². The van der Waals surface area contributed by atoms with Crippen molar-refractivity contribution in [2.75, 3.05) is 7.11 Å². The molecule has 1 unspecified atom stereocenters. The molecule has 0 fully saturated rings. The number of phenols is 1. The lowest BCUT2D eigenvalue weighted by atomic mass is 10.1. The zero-order chi connectivity index (χ0) is 9.84. The summed E-state index contributed by atoms with van der Waals surface area (Å²) >= 11 is 0. The fourth-order valence-corrected chi connectivity index (χ4v) is 1.20. The van der Waals surface area contributed by atoms with Gasteiger partial charge in [-0.2, -0.15) is 0 Å². The molecule has 1 aromatic carbocycles. The number of phenolic OH excluding ortho intramolecular Hbond substituents is 1. The third-order valence-electron chi connectivity index (χ3n) is 1.96. The van der Waals surface area contributed by atoms with E-state index in [2.05, 4.69) is 0 Å². The summed E-state index contributed by atoms with van der Waals surface area (Å²) in [7, 11) is 1.51. The minimum Gasteiger partial charge on any atom is -0.508 e. The molecule has 13 heavy (non-hydrogen) atoms. The second-order valence-corrected chi connectivity index (χ2v) is 2.85. The lowest BCUT2D eigenvalue weighted by molar-refractivity contribution is 0.169. The van der Waals surface area contributed by atoms with Crippen molar-refractivity contribution in [2.45, 2.75) is 19.4 Å². The number of ether oxygens (including phenoxy) is 1. The van der Waals surface area contributed by atoms with Gasteiger partial charge in [-0.15, -0.1) is 0 Å². The molecule has 2 N–H and O–H groups in total. The van der Waals surface area contributed by atoms with Crippen molar-refractivity contribution in [1.82, 2.24) is 0 Å². The van der Waals surface area contributed by atoms with Gasteiger partial charge in [0.15, 0.2) is 0 Å². The monoisotopic (exact) mass is 182 g/mol. The van der Waals surface area contributed by atoms with Gasteiger partial charge >= 0.3 is 0 Å². The van der Waals surface area contributed by atoms with Crippen molar-refractivity contribution in [3.8, 4) is 11.5 Å². The fourth-order valence-electron chi connectivity index (χ4n) is 1.20. The highest BCUT2D eigenvalue weighted by Crippen LogP contribution is 2.30. The first kappa shape index (κ1) is 9.86. The molecule has 3 nitrogen and oxygen atoms in total. The SMILES string of the molecule is CCC(O)c1ccc(O)cc1OC. The van der Waals surface area contributed by atoms with Crippen molar-refractivity contribution in [2.24, 2.45) is 0 Å². The third-order valence-corrected chi connectivity index (χ3v) is 1.96. The fraction of sp³-hybridized carbons (Fsp3) is 0.400. The van der Waals surface area contributed by atoms with Crippen molar-refractivity contribution >= 4 is 0 Å². The molecule has 1 rings (SSSR count). The van der Waals surface area contributed by atoms with Gasteiger partial charge < -0.3 is 14.9 Å². The minimum atomic E-state index is -0.532. The highest BCUT2D eigenvalue weighted by atomic mass is 16.5. The molecule has 3 heteroatoms. The molecule has 0 saturated carbocycles. The summed E-state index contributed by atoms with van der Waals surface area (Å²) < 4.78 is 5.03. The molecule has 0 aromatic heterocycles. The van der Waals surface area contributed by atoms with E-state index in [0.29, 0.717) is 17.7 Å². The van der Waals surface area contributed by atoms with Crippen LogP contribution in [0.3, 0.4) is 0 Å². The van der Waals surface area contributed by atoms with Crippen LogP contribution in [-0.2, 0) is 0 Å². The second kappa shape index (κ2) is 4.14. The predicted molar refractivity (Wildman–Crippen MR) is 49.9 cm³/mol. The maximum atomic E-state index is 9.57. The zero-order valence-corrected chi connectivity index (χ0v) is 7.82. The van der Waals surface area contributed by atoms with E-state index in [0.717, 1.165) is 0 Å². The number of aliphatic hydroxyl groups excluding tert-OH is 1. The Kier molecular flexibility index (Phi) is 3.14. The molecule has 0 aliphatic carbocycles. The van der Waals surface area contributed by atoms with E-state index in [4.69, 9.17) is 9.84 Å². The van der Waals surface area contributed by atoms with E-state index in [1.165, 1.54) is 19.2 Å². The van der Waals surface area contributed by atoms with Crippen LogP contribution in [0.1, 0.15) is 25.0 Å². The Morgan fingerprint density at radius 3 is 2.69 bits per heavy atom. The summed E-state index contributed by atoms with van der Waals surface area (Å²) in [5.41, 5.74) is 0.711. The standard InChI is InChI=1S/C10H14O3/c1-3-9(12)8-5-4-7(11)6-10(8)13-2/h4-6,9,11-12H,3H2,1-2H3. The molecule has 0 saturated heterocycles. The first-order valence-corrected chi connectivity index (χ1v) is 4.24. The Hall–Kier alpha value is -1.22.